The lowest BCUT2D eigenvalue weighted by atomic mass is 10.0. The van der Waals surface area contributed by atoms with Crippen molar-refractivity contribution in [2.75, 3.05) is 7.11 Å². The van der Waals surface area contributed by atoms with Crippen molar-refractivity contribution in [1.29, 1.82) is 0 Å². The molecule has 1 heterocycles. The van der Waals surface area contributed by atoms with Gasteiger partial charge in [0.05, 0.1) is 7.11 Å². The van der Waals surface area contributed by atoms with Crippen molar-refractivity contribution in [2.24, 2.45) is 0 Å². The van der Waals surface area contributed by atoms with E-state index in [1.54, 1.807) is 7.11 Å². The second kappa shape index (κ2) is 4.22. The number of benzene rings is 2. The number of aromatic nitrogens is 1. The summed E-state index contributed by atoms with van der Waals surface area (Å²) in [5, 5.41) is 2.35. The van der Waals surface area contributed by atoms with Gasteiger partial charge in [0, 0.05) is 22.8 Å². The van der Waals surface area contributed by atoms with Crippen LogP contribution in [0.3, 0.4) is 0 Å². The Hall–Kier alpha value is -2.22. The first kappa shape index (κ1) is 10.9. The van der Waals surface area contributed by atoms with Gasteiger partial charge in [-0.05, 0) is 36.1 Å². The Balaban J connectivity index is 2.31. The molecule has 0 saturated carbocycles. The van der Waals surface area contributed by atoms with Crippen LogP contribution in [0.2, 0.25) is 0 Å². The van der Waals surface area contributed by atoms with Crippen LogP contribution < -0.4 is 4.74 Å². The molecule has 0 unspecified atom stereocenters. The van der Waals surface area contributed by atoms with Crippen molar-refractivity contribution in [3.8, 4) is 17.0 Å². The molecule has 3 rings (SSSR count). The summed E-state index contributed by atoms with van der Waals surface area (Å²) in [5.74, 6) is 0.914. The molecule has 0 spiro atoms. The van der Waals surface area contributed by atoms with E-state index in [1.807, 2.05) is 18.3 Å². The van der Waals surface area contributed by atoms with E-state index in [4.69, 9.17) is 4.74 Å². The Morgan fingerprint density at radius 3 is 2.44 bits per heavy atom. The molecule has 1 N–H and O–H groups in total. The second-order valence-electron chi connectivity index (χ2n) is 4.45. The van der Waals surface area contributed by atoms with Gasteiger partial charge in [-0.15, -0.1) is 0 Å². The molecule has 0 atom stereocenters. The van der Waals surface area contributed by atoms with Gasteiger partial charge in [0.1, 0.15) is 5.75 Å². The summed E-state index contributed by atoms with van der Waals surface area (Å²) in [4.78, 5) is 3.31. The molecule has 0 aliphatic heterocycles. The summed E-state index contributed by atoms with van der Waals surface area (Å²) in [5.41, 5.74) is 3.59. The van der Waals surface area contributed by atoms with Crippen LogP contribution in [0.15, 0.2) is 48.7 Å². The summed E-state index contributed by atoms with van der Waals surface area (Å²) >= 11 is 0. The maximum atomic E-state index is 5.41. The lowest BCUT2D eigenvalue weighted by Crippen LogP contribution is -1.87. The molecule has 0 radical (unpaired) electrons. The topological polar surface area (TPSA) is 25.0 Å². The summed E-state index contributed by atoms with van der Waals surface area (Å²) in [7, 11) is 1.71. The quantitative estimate of drug-likeness (QED) is 0.711. The Bertz CT molecular complexity index is 697. The van der Waals surface area contributed by atoms with Gasteiger partial charge in [0.15, 0.2) is 0 Å². The smallest absolute Gasteiger partial charge is 0.126 e. The molecule has 0 saturated heterocycles. The lowest BCUT2D eigenvalue weighted by molar-refractivity contribution is 0.420. The van der Waals surface area contributed by atoms with E-state index in [2.05, 4.69) is 42.2 Å². The van der Waals surface area contributed by atoms with Crippen LogP contribution in [0, 0.1) is 6.92 Å². The van der Waals surface area contributed by atoms with Gasteiger partial charge in [-0.25, -0.2) is 0 Å². The Labute approximate surface area is 106 Å². The molecule has 0 fully saturated rings. The van der Waals surface area contributed by atoms with E-state index in [0.717, 1.165) is 16.8 Å². The highest BCUT2D eigenvalue weighted by Crippen LogP contribution is 2.33. The fraction of sp³-hybridized carbons (Fsp3) is 0.125. The number of H-pyrrole nitrogens is 1. The third-order valence-electron chi connectivity index (χ3n) is 3.22. The number of fused-ring (bicyclic) bond motifs is 1. The molecule has 18 heavy (non-hydrogen) atoms. The molecule has 3 aromatic rings. The SMILES string of the molecule is COc1ccc(-c2cc(C)c[nH]2)c2ccccc12. The Morgan fingerprint density at radius 1 is 1.00 bits per heavy atom. The Kier molecular flexibility index (Phi) is 2.56. The minimum absolute atomic E-state index is 0.914. The molecule has 90 valence electrons. The van der Waals surface area contributed by atoms with Crippen molar-refractivity contribution in [2.45, 2.75) is 6.92 Å². The standard InChI is InChI=1S/C16H15NO/c1-11-9-15(17-10-11)13-7-8-16(18-2)14-6-4-3-5-12(13)14/h3-10,17H,1-2H3. The minimum Gasteiger partial charge on any atom is -0.496 e. The molecule has 2 nitrogen and oxygen atoms in total. The zero-order valence-corrected chi connectivity index (χ0v) is 10.5. The number of ether oxygens (including phenoxy) is 1. The van der Waals surface area contributed by atoms with Gasteiger partial charge < -0.3 is 9.72 Å². The number of hydrogen-bond donors (Lipinski definition) is 1. The normalized spacial score (nSPS) is 10.8. The van der Waals surface area contributed by atoms with Crippen molar-refractivity contribution < 1.29 is 4.74 Å². The summed E-state index contributed by atoms with van der Waals surface area (Å²) in [6.07, 6.45) is 2.02. The van der Waals surface area contributed by atoms with Gasteiger partial charge in [0.2, 0.25) is 0 Å². The predicted molar refractivity (Wildman–Crippen MR) is 75.0 cm³/mol. The molecule has 1 aromatic heterocycles. The van der Waals surface area contributed by atoms with Crippen molar-refractivity contribution in [3.63, 3.8) is 0 Å². The molecular formula is C16H15NO. The first-order valence-electron chi connectivity index (χ1n) is 6.01. The highest BCUT2D eigenvalue weighted by Gasteiger charge is 2.08. The van der Waals surface area contributed by atoms with E-state index in [0.29, 0.717) is 0 Å². The number of hydrogen-bond acceptors (Lipinski definition) is 1. The van der Waals surface area contributed by atoms with E-state index in [-0.39, 0.29) is 0 Å². The van der Waals surface area contributed by atoms with Crippen LogP contribution >= 0.6 is 0 Å². The van der Waals surface area contributed by atoms with Crippen LogP contribution in [0.25, 0.3) is 22.0 Å². The van der Waals surface area contributed by atoms with Crippen LogP contribution in [0.4, 0.5) is 0 Å². The van der Waals surface area contributed by atoms with E-state index in [1.165, 1.54) is 16.5 Å². The van der Waals surface area contributed by atoms with Crippen LogP contribution in [0.1, 0.15) is 5.56 Å². The molecular weight excluding hydrogens is 222 g/mol. The van der Waals surface area contributed by atoms with Gasteiger partial charge in [-0.1, -0.05) is 24.3 Å². The number of aryl methyl sites for hydroxylation is 1. The number of nitrogens with one attached hydrogen (secondary N) is 1. The first-order valence-corrected chi connectivity index (χ1v) is 6.01. The monoisotopic (exact) mass is 237 g/mol. The molecule has 0 aliphatic carbocycles. The molecule has 0 bridgehead atoms. The van der Waals surface area contributed by atoms with Gasteiger partial charge in [-0.2, -0.15) is 0 Å². The van der Waals surface area contributed by atoms with E-state index < -0.39 is 0 Å². The number of methoxy groups -OCH3 is 1. The highest BCUT2D eigenvalue weighted by molar-refractivity contribution is 5.99. The van der Waals surface area contributed by atoms with E-state index >= 15 is 0 Å². The van der Waals surface area contributed by atoms with E-state index in [9.17, 15) is 0 Å². The lowest BCUT2D eigenvalue weighted by Gasteiger charge is -2.09. The molecule has 0 aliphatic rings. The van der Waals surface area contributed by atoms with Crippen LogP contribution in [-0.2, 0) is 0 Å². The molecule has 2 heteroatoms. The van der Waals surface area contributed by atoms with Crippen LogP contribution in [0.5, 0.6) is 5.75 Å². The number of rotatable bonds is 2. The van der Waals surface area contributed by atoms with Crippen molar-refractivity contribution in [1.82, 2.24) is 4.98 Å². The molecule has 2 aromatic carbocycles. The third-order valence-corrected chi connectivity index (χ3v) is 3.22. The maximum Gasteiger partial charge on any atom is 0.126 e. The zero-order chi connectivity index (χ0) is 12.5. The first-order chi connectivity index (χ1) is 8.79. The van der Waals surface area contributed by atoms with Crippen molar-refractivity contribution in [3.05, 3.63) is 54.2 Å². The summed E-state index contributed by atoms with van der Waals surface area (Å²) in [6, 6.07) is 14.6. The van der Waals surface area contributed by atoms with Crippen LogP contribution in [-0.4, -0.2) is 12.1 Å². The highest BCUT2D eigenvalue weighted by atomic mass is 16.5. The van der Waals surface area contributed by atoms with Gasteiger partial charge in [0.25, 0.3) is 0 Å². The summed E-state index contributed by atoms with van der Waals surface area (Å²) < 4.78 is 5.41. The Morgan fingerprint density at radius 2 is 1.78 bits per heavy atom. The fourth-order valence-corrected chi connectivity index (χ4v) is 2.34. The van der Waals surface area contributed by atoms with Gasteiger partial charge in [-0.3, -0.25) is 0 Å². The fourth-order valence-electron chi connectivity index (χ4n) is 2.34. The average Bonchev–Trinajstić information content (AvgIpc) is 2.84. The van der Waals surface area contributed by atoms with Gasteiger partial charge >= 0.3 is 0 Å². The maximum absolute atomic E-state index is 5.41. The van der Waals surface area contributed by atoms with Crippen molar-refractivity contribution >= 4 is 10.8 Å². The molecule has 0 amide bonds. The largest absolute Gasteiger partial charge is 0.496 e. The predicted octanol–water partition coefficient (Wildman–Crippen LogP) is 4.15. The second-order valence-corrected chi connectivity index (χ2v) is 4.45. The summed E-state index contributed by atoms with van der Waals surface area (Å²) in [6.45, 7) is 2.09. The number of aromatic amines is 1. The zero-order valence-electron chi connectivity index (χ0n) is 10.5. The minimum atomic E-state index is 0.914. The average molecular weight is 237 g/mol. The third kappa shape index (κ3) is 1.66.